The maximum Gasteiger partial charge on any atom is 0.223 e. The van der Waals surface area contributed by atoms with Crippen molar-refractivity contribution in [1.29, 1.82) is 0 Å². The van der Waals surface area contributed by atoms with Gasteiger partial charge in [-0.3, -0.25) is 9.59 Å². The molecule has 222 valence electrons. The molecule has 7 nitrogen and oxygen atoms in total. The van der Waals surface area contributed by atoms with Crippen LogP contribution < -0.4 is 20.1 Å². The standard InChI is InChI=1S/C35H43N3O4/c1-3-10-35(40)37-20-19-27-12-8-11-26-15-16-29(23-31(26)27)41-21-6-4-5-7-22-42-30-17-18-33-32(24-30)28(25-38-33)13-9-14-34(39)36-2/h3,8,11-12,15-18,23-25,38H,1,4-7,9-10,13-14,19-22H2,2H3,(H,36,39)(H,37,40). The third-order valence-corrected chi connectivity index (χ3v) is 7.43. The third-order valence-electron chi connectivity index (χ3n) is 7.43. The van der Waals surface area contributed by atoms with Gasteiger partial charge in [0.2, 0.25) is 11.8 Å². The Balaban J connectivity index is 1.15. The van der Waals surface area contributed by atoms with Crippen molar-refractivity contribution in [2.24, 2.45) is 0 Å². The molecule has 0 radical (unpaired) electrons. The van der Waals surface area contributed by atoms with Crippen molar-refractivity contribution in [3.05, 3.63) is 84.6 Å². The largest absolute Gasteiger partial charge is 0.494 e. The summed E-state index contributed by atoms with van der Waals surface area (Å²) in [5.74, 6) is 1.84. The molecule has 0 aliphatic rings. The van der Waals surface area contributed by atoms with E-state index >= 15 is 0 Å². The van der Waals surface area contributed by atoms with Gasteiger partial charge in [0.1, 0.15) is 11.5 Å². The monoisotopic (exact) mass is 569 g/mol. The first-order valence-electron chi connectivity index (χ1n) is 15.0. The van der Waals surface area contributed by atoms with E-state index in [1.807, 2.05) is 18.3 Å². The fourth-order valence-electron chi connectivity index (χ4n) is 5.12. The van der Waals surface area contributed by atoms with Crippen molar-refractivity contribution in [2.45, 2.75) is 57.8 Å². The summed E-state index contributed by atoms with van der Waals surface area (Å²) in [5.41, 5.74) is 3.51. The summed E-state index contributed by atoms with van der Waals surface area (Å²) >= 11 is 0. The Labute approximate surface area is 248 Å². The Morgan fingerprint density at radius 2 is 1.57 bits per heavy atom. The molecule has 1 heterocycles. The molecule has 7 heteroatoms. The number of aryl methyl sites for hydroxylation is 1. The zero-order valence-electron chi connectivity index (χ0n) is 24.7. The van der Waals surface area contributed by atoms with Crippen LogP contribution in [-0.4, -0.2) is 43.6 Å². The third kappa shape index (κ3) is 9.13. The van der Waals surface area contributed by atoms with Crippen LogP contribution in [0.2, 0.25) is 0 Å². The van der Waals surface area contributed by atoms with Gasteiger partial charge in [0.25, 0.3) is 0 Å². The Kier molecular flexibility index (Phi) is 11.9. The lowest BCUT2D eigenvalue weighted by Gasteiger charge is -2.11. The number of unbranched alkanes of at least 4 members (excludes halogenated alkanes) is 3. The van der Waals surface area contributed by atoms with Crippen molar-refractivity contribution in [3.8, 4) is 11.5 Å². The summed E-state index contributed by atoms with van der Waals surface area (Å²) in [5, 5.41) is 9.12. The molecule has 0 unspecified atom stereocenters. The van der Waals surface area contributed by atoms with Gasteiger partial charge in [-0.1, -0.05) is 30.3 Å². The predicted octanol–water partition coefficient (Wildman–Crippen LogP) is 6.64. The van der Waals surface area contributed by atoms with Crippen LogP contribution in [0.1, 0.15) is 56.1 Å². The number of benzene rings is 3. The minimum atomic E-state index is -0.000130. The van der Waals surface area contributed by atoms with Gasteiger partial charge in [0, 0.05) is 43.5 Å². The highest BCUT2D eigenvalue weighted by molar-refractivity contribution is 5.87. The summed E-state index contributed by atoms with van der Waals surface area (Å²) in [7, 11) is 1.67. The zero-order valence-corrected chi connectivity index (χ0v) is 24.7. The average molecular weight is 570 g/mol. The lowest BCUT2D eigenvalue weighted by atomic mass is 10.0. The van der Waals surface area contributed by atoms with E-state index in [0.29, 0.717) is 32.6 Å². The molecule has 4 aromatic rings. The van der Waals surface area contributed by atoms with Crippen molar-refractivity contribution in [2.75, 3.05) is 26.8 Å². The first kappa shape index (κ1) is 30.7. The SMILES string of the molecule is C=CCC(=O)NCCc1cccc2ccc(OCCCCCCOc3ccc4[nH]cc(CCCC(=O)NC)c4c3)cc12. The molecule has 0 aliphatic carbocycles. The van der Waals surface area contributed by atoms with Gasteiger partial charge in [-0.25, -0.2) is 0 Å². The van der Waals surface area contributed by atoms with Crippen LogP contribution in [0.4, 0.5) is 0 Å². The van der Waals surface area contributed by atoms with Crippen molar-refractivity contribution in [1.82, 2.24) is 15.6 Å². The molecule has 4 rings (SSSR count). The molecule has 2 amide bonds. The van der Waals surface area contributed by atoms with Crippen LogP contribution in [0.3, 0.4) is 0 Å². The predicted molar refractivity (Wildman–Crippen MR) is 170 cm³/mol. The molecule has 0 spiro atoms. The number of ether oxygens (including phenoxy) is 2. The van der Waals surface area contributed by atoms with Crippen LogP contribution in [0.5, 0.6) is 11.5 Å². The van der Waals surface area contributed by atoms with Gasteiger partial charge in [0.15, 0.2) is 0 Å². The minimum Gasteiger partial charge on any atom is -0.494 e. The summed E-state index contributed by atoms with van der Waals surface area (Å²) in [6, 6.07) is 18.7. The molecule has 0 aliphatic heterocycles. The van der Waals surface area contributed by atoms with Crippen LogP contribution in [0.15, 0.2) is 73.4 Å². The van der Waals surface area contributed by atoms with Gasteiger partial charge in [0.05, 0.1) is 13.2 Å². The second kappa shape index (κ2) is 16.2. The summed E-state index contributed by atoms with van der Waals surface area (Å²) in [4.78, 5) is 26.5. The smallest absolute Gasteiger partial charge is 0.223 e. The Morgan fingerprint density at radius 3 is 2.31 bits per heavy atom. The number of rotatable bonds is 18. The van der Waals surface area contributed by atoms with Gasteiger partial charge >= 0.3 is 0 Å². The Morgan fingerprint density at radius 1 is 0.833 bits per heavy atom. The van der Waals surface area contributed by atoms with Crippen LogP contribution in [0, 0.1) is 0 Å². The maximum absolute atomic E-state index is 11.7. The number of carbonyl (C=O) groups excluding carboxylic acids is 2. The molecule has 3 N–H and O–H groups in total. The molecule has 1 aromatic heterocycles. The summed E-state index contributed by atoms with van der Waals surface area (Å²) in [6.45, 7) is 5.57. The van der Waals surface area contributed by atoms with E-state index in [9.17, 15) is 9.59 Å². The Bertz CT molecular complexity index is 1480. The van der Waals surface area contributed by atoms with Gasteiger partial charge in [-0.2, -0.15) is 0 Å². The number of H-pyrrole nitrogens is 1. The van der Waals surface area contributed by atoms with Gasteiger partial charge < -0.3 is 25.1 Å². The number of hydrogen-bond donors (Lipinski definition) is 3. The van der Waals surface area contributed by atoms with Gasteiger partial charge in [-0.15, -0.1) is 6.58 Å². The fourth-order valence-corrected chi connectivity index (χ4v) is 5.12. The molecule has 0 fully saturated rings. The quantitative estimate of drug-likeness (QED) is 0.0925. The molecular weight excluding hydrogens is 526 g/mol. The molecule has 0 atom stereocenters. The molecular formula is C35H43N3O4. The topological polar surface area (TPSA) is 92.5 Å². The second-order valence-corrected chi connectivity index (χ2v) is 10.6. The first-order valence-corrected chi connectivity index (χ1v) is 15.0. The van der Waals surface area contributed by atoms with E-state index in [4.69, 9.17) is 9.47 Å². The number of aromatic amines is 1. The van der Waals surface area contributed by atoms with E-state index in [0.717, 1.165) is 67.3 Å². The number of nitrogens with one attached hydrogen (secondary N) is 3. The lowest BCUT2D eigenvalue weighted by molar-refractivity contribution is -0.121. The van der Waals surface area contributed by atoms with E-state index in [1.54, 1.807) is 13.1 Å². The fraction of sp³-hybridized carbons (Fsp3) is 0.371. The van der Waals surface area contributed by atoms with Crippen molar-refractivity contribution < 1.29 is 19.1 Å². The van der Waals surface area contributed by atoms with Crippen LogP contribution in [-0.2, 0) is 22.4 Å². The summed E-state index contributed by atoms with van der Waals surface area (Å²) < 4.78 is 12.1. The van der Waals surface area contributed by atoms with E-state index < -0.39 is 0 Å². The van der Waals surface area contributed by atoms with Crippen molar-refractivity contribution >= 4 is 33.5 Å². The van der Waals surface area contributed by atoms with Crippen LogP contribution in [0.25, 0.3) is 21.7 Å². The first-order chi connectivity index (χ1) is 20.6. The number of amides is 2. The molecule has 3 aromatic carbocycles. The van der Waals surface area contributed by atoms with Crippen molar-refractivity contribution in [3.63, 3.8) is 0 Å². The second-order valence-electron chi connectivity index (χ2n) is 10.6. The molecule has 0 bridgehead atoms. The highest BCUT2D eigenvalue weighted by atomic mass is 16.5. The average Bonchev–Trinajstić information content (AvgIpc) is 3.40. The molecule has 42 heavy (non-hydrogen) atoms. The number of carbonyl (C=O) groups is 2. The summed E-state index contributed by atoms with van der Waals surface area (Å²) in [6.07, 6.45) is 11.1. The number of hydrogen-bond acceptors (Lipinski definition) is 4. The van der Waals surface area contributed by atoms with E-state index in [1.165, 1.54) is 21.9 Å². The Hall–Kier alpha value is -4.26. The highest BCUT2D eigenvalue weighted by Gasteiger charge is 2.08. The molecule has 0 saturated carbocycles. The zero-order chi connectivity index (χ0) is 29.6. The maximum atomic E-state index is 11.7. The number of fused-ring (bicyclic) bond motifs is 2. The molecule has 0 saturated heterocycles. The van der Waals surface area contributed by atoms with E-state index in [2.05, 4.69) is 64.7 Å². The minimum absolute atomic E-state index is 0.000130. The van der Waals surface area contributed by atoms with Gasteiger partial charge in [-0.05, 0) is 97.2 Å². The van der Waals surface area contributed by atoms with E-state index in [-0.39, 0.29) is 11.8 Å². The number of aromatic nitrogens is 1. The van der Waals surface area contributed by atoms with Crippen LogP contribution >= 0.6 is 0 Å². The normalized spacial score (nSPS) is 11.0. The highest BCUT2D eigenvalue weighted by Crippen LogP contribution is 2.26. The lowest BCUT2D eigenvalue weighted by Crippen LogP contribution is -2.24.